The van der Waals surface area contributed by atoms with E-state index in [0.717, 1.165) is 6.42 Å². The minimum atomic E-state index is -0.690. The van der Waals surface area contributed by atoms with Gasteiger partial charge < -0.3 is 5.11 Å². The van der Waals surface area contributed by atoms with Crippen LogP contribution in [0.15, 0.2) is 23.8 Å². The fourth-order valence-electron chi connectivity index (χ4n) is 0.566. The van der Waals surface area contributed by atoms with Crippen LogP contribution < -0.4 is 0 Å². The van der Waals surface area contributed by atoms with E-state index in [4.69, 9.17) is 0 Å². The lowest BCUT2D eigenvalue weighted by Crippen LogP contribution is -2.13. The molecule has 0 bridgehead atoms. The van der Waals surface area contributed by atoms with Gasteiger partial charge in [-0.3, -0.25) is 0 Å². The second-order valence-electron chi connectivity index (χ2n) is 3.38. The zero-order valence-electron chi connectivity index (χ0n) is 7.89. The predicted molar refractivity (Wildman–Crippen MR) is 49.5 cm³/mol. The minimum absolute atomic E-state index is 0.690. The lowest BCUT2D eigenvalue weighted by molar-refractivity contribution is 0.133. The molecule has 0 unspecified atom stereocenters. The van der Waals surface area contributed by atoms with Gasteiger partial charge in [0.25, 0.3) is 0 Å². The summed E-state index contributed by atoms with van der Waals surface area (Å²) < 4.78 is 0. The Labute approximate surface area is 69.4 Å². The van der Waals surface area contributed by atoms with Crippen molar-refractivity contribution in [3.63, 3.8) is 0 Å². The molecule has 0 atom stereocenters. The first-order valence-corrected chi connectivity index (χ1v) is 4.03. The average Bonchev–Trinajstić information content (AvgIpc) is 1.85. The Morgan fingerprint density at radius 1 is 1.45 bits per heavy atom. The molecule has 0 aromatic rings. The maximum Gasteiger partial charge on any atom is 0.0774 e. The quantitative estimate of drug-likeness (QED) is 0.620. The molecule has 0 aromatic carbocycles. The van der Waals surface area contributed by atoms with Crippen LogP contribution in [0.1, 0.15) is 34.1 Å². The molecule has 0 amide bonds. The maximum atomic E-state index is 9.29. The summed E-state index contributed by atoms with van der Waals surface area (Å²) in [7, 11) is 0. The highest BCUT2D eigenvalue weighted by Crippen LogP contribution is 2.04. The first kappa shape index (κ1) is 10.4. The van der Waals surface area contributed by atoms with Crippen LogP contribution in [0, 0.1) is 0 Å². The lowest BCUT2D eigenvalue weighted by Gasteiger charge is -2.09. The summed E-state index contributed by atoms with van der Waals surface area (Å²) in [5.41, 5.74) is 0.635. The van der Waals surface area contributed by atoms with Gasteiger partial charge in [0.1, 0.15) is 0 Å². The first-order valence-electron chi connectivity index (χ1n) is 4.03. The molecular formula is C10H18O. The van der Waals surface area contributed by atoms with Crippen LogP contribution in [-0.4, -0.2) is 10.7 Å². The Morgan fingerprint density at radius 3 is 2.36 bits per heavy atom. The van der Waals surface area contributed by atoms with Crippen molar-refractivity contribution < 1.29 is 5.11 Å². The summed E-state index contributed by atoms with van der Waals surface area (Å²) in [6, 6.07) is 0. The monoisotopic (exact) mass is 154 g/mol. The van der Waals surface area contributed by atoms with Crippen molar-refractivity contribution in [2.75, 3.05) is 0 Å². The van der Waals surface area contributed by atoms with Gasteiger partial charge in [0.05, 0.1) is 5.60 Å². The third kappa shape index (κ3) is 7.34. The smallest absolute Gasteiger partial charge is 0.0774 e. The third-order valence-electron chi connectivity index (χ3n) is 1.44. The molecule has 11 heavy (non-hydrogen) atoms. The second kappa shape index (κ2) is 4.35. The van der Waals surface area contributed by atoms with E-state index in [9.17, 15) is 5.11 Å². The summed E-state index contributed by atoms with van der Waals surface area (Å²) in [6.45, 7) is 7.72. The highest BCUT2D eigenvalue weighted by Gasteiger charge is 2.04. The van der Waals surface area contributed by atoms with Crippen molar-refractivity contribution in [2.24, 2.45) is 0 Å². The Hall–Kier alpha value is -0.560. The van der Waals surface area contributed by atoms with E-state index < -0.39 is 5.60 Å². The van der Waals surface area contributed by atoms with E-state index in [2.05, 4.69) is 13.8 Å². The highest BCUT2D eigenvalue weighted by molar-refractivity contribution is 5.12. The molecule has 0 radical (unpaired) electrons. The van der Waals surface area contributed by atoms with E-state index in [1.807, 2.05) is 12.2 Å². The van der Waals surface area contributed by atoms with Gasteiger partial charge in [-0.15, -0.1) is 0 Å². The molecule has 0 saturated carbocycles. The van der Waals surface area contributed by atoms with Crippen molar-refractivity contribution in [2.45, 2.75) is 39.7 Å². The first-order chi connectivity index (χ1) is 4.95. The molecule has 0 fully saturated rings. The summed E-state index contributed by atoms with van der Waals surface area (Å²) >= 11 is 0. The molecule has 0 rings (SSSR count). The predicted octanol–water partition coefficient (Wildman–Crippen LogP) is 2.67. The molecule has 1 nitrogen and oxygen atoms in total. The number of rotatable bonds is 3. The highest BCUT2D eigenvalue weighted by atomic mass is 16.3. The zero-order valence-corrected chi connectivity index (χ0v) is 7.89. The van der Waals surface area contributed by atoms with Crippen LogP contribution in [-0.2, 0) is 0 Å². The van der Waals surface area contributed by atoms with Crippen molar-refractivity contribution in [3.05, 3.63) is 23.8 Å². The van der Waals surface area contributed by atoms with Gasteiger partial charge >= 0.3 is 0 Å². The zero-order chi connectivity index (χ0) is 8.91. The van der Waals surface area contributed by atoms with Crippen molar-refractivity contribution in [3.8, 4) is 0 Å². The van der Waals surface area contributed by atoms with E-state index in [1.165, 1.54) is 5.57 Å². The Kier molecular flexibility index (Phi) is 4.12. The minimum Gasteiger partial charge on any atom is -0.386 e. The maximum absolute atomic E-state index is 9.29. The number of allylic oxidation sites excluding steroid dienone is 3. The van der Waals surface area contributed by atoms with Crippen molar-refractivity contribution >= 4 is 0 Å². The second-order valence-corrected chi connectivity index (χ2v) is 3.38. The fraction of sp³-hybridized carbons (Fsp3) is 0.600. The molecule has 0 aliphatic carbocycles. The van der Waals surface area contributed by atoms with E-state index >= 15 is 0 Å². The van der Waals surface area contributed by atoms with Gasteiger partial charge in [-0.25, -0.2) is 0 Å². The molecule has 1 heteroatoms. The van der Waals surface area contributed by atoms with Gasteiger partial charge in [0.15, 0.2) is 0 Å². The average molecular weight is 154 g/mol. The third-order valence-corrected chi connectivity index (χ3v) is 1.44. The van der Waals surface area contributed by atoms with Gasteiger partial charge in [-0.05, 0) is 27.2 Å². The van der Waals surface area contributed by atoms with E-state index in [0.29, 0.717) is 0 Å². The van der Waals surface area contributed by atoms with Crippen LogP contribution in [0.2, 0.25) is 0 Å². The Bertz CT molecular complexity index is 158. The Balaban J connectivity index is 3.96. The van der Waals surface area contributed by atoms with Crippen LogP contribution in [0.5, 0.6) is 0 Å². The van der Waals surface area contributed by atoms with Crippen LogP contribution in [0.3, 0.4) is 0 Å². The topological polar surface area (TPSA) is 20.2 Å². The van der Waals surface area contributed by atoms with Crippen LogP contribution in [0.4, 0.5) is 0 Å². The molecule has 0 spiro atoms. The summed E-state index contributed by atoms with van der Waals surface area (Å²) in [5, 5.41) is 9.29. The van der Waals surface area contributed by atoms with Crippen LogP contribution >= 0.6 is 0 Å². The summed E-state index contributed by atoms with van der Waals surface area (Å²) in [5.74, 6) is 0. The largest absolute Gasteiger partial charge is 0.386 e. The molecule has 0 saturated heterocycles. The fourth-order valence-corrected chi connectivity index (χ4v) is 0.566. The summed E-state index contributed by atoms with van der Waals surface area (Å²) in [4.78, 5) is 0. The van der Waals surface area contributed by atoms with Gasteiger partial charge in [0.2, 0.25) is 0 Å². The molecule has 0 aliphatic rings. The SMILES string of the molecule is CC/C(C)=C/C=CC(C)(C)O. The molecule has 0 heterocycles. The number of hydrogen-bond donors (Lipinski definition) is 1. The number of hydrogen-bond acceptors (Lipinski definition) is 1. The molecular weight excluding hydrogens is 136 g/mol. The normalized spacial score (nSPS) is 14.5. The Morgan fingerprint density at radius 2 is 2.00 bits per heavy atom. The molecule has 1 N–H and O–H groups in total. The van der Waals surface area contributed by atoms with Crippen LogP contribution in [0.25, 0.3) is 0 Å². The molecule has 0 aliphatic heterocycles. The standard InChI is InChI=1S/C10H18O/c1-5-9(2)7-6-8-10(3,4)11/h6-8,11H,5H2,1-4H3/b8-6?,9-7+. The van der Waals surface area contributed by atoms with E-state index in [1.54, 1.807) is 19.9 Å². The lowest BCUT2D eigenvalue weighted by atomic mass is 10.1. The van der Waals surface area contributed by atoms with Crippen molar-refractivity contribution in [1.29, 1.82) is 0 Å². The van der Waals surface area contributed by atoms with Gasteiger partial charge in [-0.1, -0.05) is 30.7 Å². The van der Waals surface area contributed by atoms with Crippen molar-refractivity contribution in [1.82, 2.24) is 0 Å². The van der Waals surface area contributed by atoms with Gasteiger partial charge in [-0.2, -0.15) is 0 Å². The summed E-state index contributed by atoms with van der Waals surface area (Å²) in [6.07, 6.45) is 6.78. The van der Waals surface area contributed by atoms with E-state index in [-0.39, 0.29) is 0 Å². The molecule has 0 aromatic heterocycles. The molecule has 64 valence electrons. The number of aliphatic hydroxyl groups is 1. The van der Waals surface area contributed by atoms with Gasteiger partial charge in [0, 0.05) is 0 Å².